The lowest BCUT2D eigenvalue weighted by Gasteiger charge is -2.15. The van der Waals surface area contributed by atoms with E-state index in [0.29, 0.717) is 33.2 Å². The van der Waals surface area contributed by atoms with Crippen molar-refractivity contribution in [1.82, 2.24) is 25.1 Å². The molecule has 2 heterocycles. The number of carbonyl (C=O) groups excluding carboxylic acids is 2. The molecule has 0 aliphatic heterocycles. The fourth-order valence-electron chi connectivity index (χ4n) is 3.33. The molecule has 0 spiro atoms. The number of nitrogens with zero attached hydrogens (tertiary/aromatic N) is 4. The number of anilines is 1. The van der Waals surface area contributed by atoms with Gasteiger partial charge < -0.3 is 15.2 Å². The lowest BCUT2D eigenvalue weighted by molar-refractivity contribution is -0.113. The fourth-order valence-corrected chi connectivity index (χ4v) is 4.95. The topological polar surface area (TPSA) is 102 Å². The summed E-state index contributed by atoms with van der Waals surface area (Å²) in [4.78, 5) is 29.6. The molecule has 2 N–H and O–H groups in total. The number of allylic oxidation sites excluding steroid dienone is 1. The van der Waals surface area contributed by atoms with E-state index < -0.39 is 6.04 Å². The van der Waals surface area contributed by atoms with Gasteiger partial charge in [-0.15, -0.1) is 28.1 Å². The van der Waals surface area contributed by atoms with Crippen molar-refractivity contribution in [2.75, 3.05) is 11.1 Å². The molecule has 1 atom stereocenters. The summed E-state index contributed by atoms with van der Waals surface area (Å²) in [7, 11) is 0. The summed E-state index contributed by atoms with van der Waals surface area (Å²) in [5.41, 5.74) is 2.25. The van der Waals surface area contributed by atoms with Gasteiger partial charge in [0.25, 0.3) is 5.91 Å². The minimum absolute atomic E-state index is 0.121. The summed E-state index contributed by atoms with van der Waals surface area (Å²) in [6, 6.07) is 15.9. The number of rotatable bonds is 10. The van der Waals surface area contributed by atoms with E-state index in [2.05, 4.69) is 32.4 Å². The number of halogens is 1. The van der Waals surface area contributed by atoms with E-state index in [1.54, 1.807) is 30.3 Å². The van der Waals surface area contributed by atoms with Crippen molar-refractivity contribution in [2.45, 2.75) is 24.7 Å². The fraction of sp³-hybridized carbons (Fsp3) is 0.160. The first-order valence-corrected chi connectivity index (χ1v) is 13.2. The Bertz CT molecular complexity index is 1350. The average molecular weight is 539 g/mol. The molecule has 2 aromatic heterocycles. The van der Waals surface area contributed by atoms with Gasteiger partial charge in [-0.1, -0.05) is 59.8 Å². The summed E-state index contributed by atoms with van der Waals surface area (Å²) in [5.74, 6) is 0.286. The minimum Gasteiger partial charge on any atom is -0.342 e. The molecule has 36 heavy (non-hydrogen) atoms. The highest BCUT2D eigenvalue weighted by molar-refractivity contribution is 7.99. The number of hydrogen-bond donors (Lipinski definition) is 2. The van der Waals surface area contributed by atoms with Crippen LogP contribution in [0.4, 0.5) is 5.13 Å². The van der Waals surface area contributed by atoms with Gasteiger partial charge in [0.05, 0.1) is 17.5 Å². The van der Waals surface area contributed by atoms with Crippen LogP contribution in [0.2, 0.25) is 5.02 Å². The highest BCUT2D eigenvalue weighted by Crippen LogP contribution is 2.27. The van der Waals surface area contributed by atoms with Gasteiger partial charge in [0.2, 0.25) is 5.91 Å². The van der Waals surface area contributed by atoms with Crippen molar-refractivity contribution >= 4 is 51.6 Å². The molecular weight excluding hydrogens is 516 g/mol. The molecule has 0 saturated carbocycles. The van der Waals surface area contributed by atoms with Crippen molar-refractivity contribution in [3.05, 3.63) is 89.0 Å². The molecule has 0 unspecified atom stereocenters. The average Bonchev–Trinajstić information content (AvgIpc) is 3.51. The van der Waals surface area contributed by atoms with Crippen LogP contribution in [0.15, 0.2) is 77.8 Å². The number of benzene rings is 2. The third-order valence-corrected chi connectivity index (χ3v) is 7.03. The number of thioether (sulfide) groups is 1. The van der Waals surface area contributed by atoms with E-state index in [-0.39, 0.29) is 17.6 Å². The summed E-state index contributed by atoms with van der Waals surface area (Å²) in [6.45, 7) is 6.08. The Labute approximate surface area is 221 Å². The molecule has 2 amide bonds. The van der Waals surface area contributed by atoms with Gasteiger partial charge in [-0.2, -0.15) is 0 Å². The van der Waals surface area contributed by atoms with Crippen LogP contribution < -0.4 is 10.6 Å². The van der Waals surface area contributed by atoms with E-state index in [0.717, 1.165) is 11.3 Å². The van der Waals surface area contributed by atoms with Crippen LogP contribution in [-0.2, 0) is 11.3 Å². The number of amides is 2. The first kappa shape index (κ1) is 25.6. The first-order chi connectivity index (χ1) is 17.4. The summed E-state index contributed by atoms with van der Waals surface area (Å²) in [6.07, 6.45) is 1.72. The highest BCUT2D eigenvalue weighted by atomic mass is 35.5. The maximum absolute atomic E-state index is 12.6. The first-order valence-electron chi connectivity index (χ1n) is 11.0. The lowest BCUT2D eigenvalue weighted by Crippen LogP contribution is -2.28. The maximum atomic E-state index is 12.6. The quantitative estimate of drug-likeness (QED) is 0.205. The molecule has 0 fully saturated rings. The molecule has 0 bridgehead atoms. The lowest BCUT2D eigenvalue weighted by atomic mass is 10.2. The second-order valence-corrected chi connectivity index (χ2v) is 9.92. The zero-order valence-electron chi connectivity index (χ0n) is 19.3. The molecule has 8 nitrogen and oxygen atoms in total. The second kappa shape index (κ2) is 12.0. The Hall–Kier alpha value is -3.47. The number of nitrogens with one attached hydrogen (secondary N) is 2. The van der Waals surface area contributed by atoms with E-state index in [4.69, 9.17) is 11.6 Å². The molecule has 11 heteroatoms. The van der Waals surface area contributed by atoms with Crippen molar-refractivity contribution < 1.29 is 9.59 Å². The predicted octanol–water partition coefficient (Wildman–Crippen LogP) is 5.46. The summed E-state index contributed by atoms with van der Waals surface area (Å²) in [5, 5.41) is 17.9. The number of thiazole rings is 1. The van der Waals surface area contributed by atoms with Crippen LogP contribution in [0, 0.1) is 0 Å². The molecular formula is C25H23ClN6O2S2. The van der Waals surface area contributed by atoms with Crippen LogP contribution in [0.1, 0.15) is 29.1 Å². The molecule has 184 valence electrons. The van der Waals surface area contributed by atoms with Gasteiger partial charge >= 0.3 is 0 Å². The summed E-state index contributed by atoms with van der Waals surface area (Å²) >= 11 is 8.54. The third kappa shape index (κ3) is 6.39. The van der Waals surface area contributed by atoms with Gasteiger partial charge in [0.15, 0.2) is 16.1 Å². The highest BCUT2D eigenvalue weighted by Gasteiger charge is 2.20. The van der Waals surface area contributed by atoms with Gasteiger partial charge in [-0.05, 0) is 31.2 Å². The molecule has 0 radical (unpaired) electrons. The normalized spacial score (nSPS) is 11.6. The van der Waals surface area contributed by atoms with E-state index in [1.165, 1.54) is 23.1 Å². The zero-order valence-corrected chi connectivity index (χ0v) is 21.7. The standard InChI is InChI=1S/C25H23ClN6O2S2/c1-3-13-32-22(16(2)27-23(34)18-7-5-4-6-8-18)30-31-25(32)36-15-21(33)29-24-28-20(14-35-24)17-9-11-19(26)12-10-17/h3-12,14,16H,1,13,15H2,2H3,(H,27,34)(H,28,29,33)/t16-/m0/s1. The van der Waals surface area contributed by atoms with E-state index in [9.17, 15) is 9.59 Å². The van der Waals surface area contributed by atoms with Gasteiger partial charge in [-0.25, -0.2) is 4.98 Å². The van der Waals surface area contributed by atoms with E-state index >= 15 is 0 Å². The van der Waals surface area contributed by atoms with Crippen LogP contribution in [0.5, 0.6) is 0 Å². The van der Waals surface area contributed by atoms with Crippen molar-refractivity contribution in [2.24, 2.45) is 0 Å². The SMILES string of the molecule is C=CCn1c(SCC(=O)Nc2nc(-c3ccc(Cl)cc3)cs2)nnc1[C@H](C)NC(=O)c1ccccc1. The monoisotopic (exact) mass is 538 g/mol. The van der Waals surface area contributed by atoms with Gasteiger partial charge in [-0.3, -0.25) is 9.59 Å². The largest absolute Gasteiger partial charge is 0.342 e. The van der Waals surface area contributed by atoms with Crippen LogP contribution in [0.3, 0.4) is 0 Å². The van der Waals surface area contributed by atoms with Gasteiger partial charge in [0.1, 0.15) is 0 Å². The molecule has 0 aliphatic rings. The Balaban J connectivity index is 1.37. The smallest absolute Gasteiger partial charge is 0.251 e. The third-order valence-electron chi connectivity index (χ3n) is 5.05. The van der Waals surface area contributed by atoms with E-state index in [1.807, 2.05) is 47.2 Å². The molecule has 2 aromatic carbocycles. The predicted molar refractivity (Wildman–Crippen MR) is 144 cm³/mol. The Morgan fingerprint density at radius 1 is 1.17 bits per heavy atom. The second-order valence-electron chi connectivity index (χ2n) is 7.68. The number of hydrogen-bond acceptors (Lipinski definition) is 7. The minimum atomic E-state index is -0.394. The Morgan fingerprint density at radius 3 is 2.64 bits per heavy atom. The number of carbonyl (C=O) groups is 2. The van der Waals surface area contributed by atoms with Gasteiger partial charge in [0, 0.05) is 28.1 Å². The zero-order chi connectivity index (χ0) is 25.5. The van der Waals surface area contributed by atoms with Crippen molar-refractivity contribution in [1.29, 1.82) is 0 Å². The maximum Gasteiger partial charge on any atom is 0.251 e. The molecule has 4 rings (SSSR count). The van der Waals surface area contributed by atoms with Crippen LogP contribution >= 0.6 is 34.7 Å². The Morgan fingerprint density at radius 2 is 1.92 bits per heavy atom. The van der Waals surface area contributed by atoms with Crippen molar-refractivity contribution in [3.63, 3.8) is 0 Å². The summed E-state index contributed by atoms with van der Waals surface area (Å²) < 4.78 is 1.84. The van der Waals surface area contributed by atoms with Crippen LogP contribution in [0.25, 0.3) is 11.3 Å². The molecule has 0 saturated heterocycles. The van der Waals surface area contributed by atoms with Crippen molar-refractivity contribution in [3.8, 4) is 11.3 Å². The Kier molecular flexibility index (Phi) is 8.52. The number of aromatic nitrogens is 4. The van der Waals surface area contributed by atoms with Crippen LogP contribution in [-0.4, -0.2) is 37.3 Å². The molecule has 4 aromatic rings. The molecule has 0 aliphatic carbocycles.